The molecule has 0 atom stereocenters. The van der Waals surface area contributed by atoms with E-state index in [1.165, 1.54) is 33.4 Å². The summed E-state index contributed by atoms with van der Waals surface area (Å²) in [7, 11) is 0. The van der Waals surface area contributed by atoms with Crippen molar-refractivity contribution < 1.29 is 55.8 Å². The van der Waals surface area contributed by atoms with Crippen LogP contribution in [0.4, 0.5) is 11.4 Å². The molecule has 0 aliphatic heterocycles. The first-order valence-electron chi connectivity index (χ1n) is 14.2. The van der Waals surface area contributed by atoms with Crippen molar-refractivity contribution in [1.29, 1.82) is 0 Å². The second-order valence-corrected chi connectivity index (χ2v) is 10.4. The van der Waals surface area contributed by atoms with Crippen LogP contribution in [0, 0.1) is 20.8 Å². The number of pyridine rings is 1. The minimum atomic E-state index is 0. The molecule has 222 valence electrons. The Hall–Kier alpha value is -1.62. The fraction of sp³-hybridized carbons (Fsp3) is 0.441. The van der Waals surface area contributed by atoms with E-state index in [2.05, 4.69) is 84.9 Å². The van der Waals surface area contributed by atoms with Gasteiger partial charge in [0.15, 0.2) is 0 Å². The first-order valence-corrected chi connectivity index (χ1v) is 14.2. The summed E-state index contributed by atoms with van der Waals surface area (Å²) in [6, 6.07) is 13.4. The molecule has 3 aromatic rings. The molecule has 0 unspecified atom stereocenters. The predicted molar refractivity (Wildman–Crippen MR) is 162 cm³/mol. The maximum Gasteiger partial charge on any atom is 3.00 e. The van der Waals surface area contributed by atoms with E-state index >= 15 is 0 Å². The Morgan fingerprint density at radius 3 is 1.05 bits per heavy atom. The Labute approximate surface area is 279 Å². The second kappa shape index (κ2) is 21.1. The van der Waals surface area contributed by atoms with Crippen LogP contribution < -0.4 is 37.2 Å². The zero-order chi connectivity index (χ0) is 26.8. The van der Waals surface area contributed by atoms with E-state index in [4.69, 9.17) is 15.0 Å². The number of hydrogen-bond acceptors (Lipinski definition) is 3. The first-order chi connectivity index (χ1) is 17.9. The van der Waals surface area contributed by atoms with Crippen LogP contribution in [0.3, 0.4) is 0 Å². The molecule has 0 bridgehead atoms. The van der Waals surface area contributed by atoms with Gasteiger partial charge in [0, 0.05) is 0 Å². The third-order valence-corrected chi connectivity index (χ3v) is 6.56. The van der Waals surface area contributed by atoms with Crippen molar-refractivity contribution in [3.63, 3.8) is 0 Å². The Balaban J connectivity index is 0. The third-order valence-electron chi connectivity index (χ3n) is 6.56. The molecule has 0 amide bonds. The molecule has 0 aliphatic rings. The molecule has 3 nitrogen and oxygen atoms in total. The average molecular weight is 653 g/mol. The molecule has 1 aromatic heterocycles. The number of aryl methyl sites for hydroxylation is 7. The predicted octanol–water partition coefficient (Wildman–Crippen LogP) is 0.328. The number of hydrogen-bond donors (Lipinski definition) is 0. The van der Waals surface area contributed by atoms with Gasteiger partial charge in [-0.2, -0.15) is 0 Å². The number of halogens is 3. The van der Waals surface area contributed by atoms with Gasteiger partial charge in [0.05, 0.1) is 35.2 Å². The molecule has 0 N–H and O–H groups in total. The zero-order valence-corrected chi connectivity index (χ0v) is 29.4. The van der Waals surface area contributed by atoms with Gasteiger partial charge in [-0.05, 0) is 86.4 Å². The summed E-state index contributed by atoms with van der Waals surface area (Å²) in [6.45, 7) is 15.4. The van der Waals surface area contributed by atoms with Gasteiger partial charge in [-0.25, -0.2) is 4.98 Å². The number of rotatable bonds is 12. The summed E-state index contributed by atoms with van der Waals surface area (Å²) < 4.78 is 0. The first kappa shape index (κ1) is 41.5. The molecule has 0 aliphatic carbocycles. The second-order valence-electron chi connectivity index (χ2n) is 10.4. The molecule has 0 saturated heterocycles. The summed E-state index contributed by atoms with van der Waals surface area (Å²) >= 11 is 0. The van der Waals surface area contributed by atoms with Crippen molar-refractivity contribution in [2.24, 2.45) is 9.98 Å². The normalized spacial score (nSPS) is 10.6. The Morgan fingerprint density at radius 1 is 0.512 bits per heavy atom. The molecule has 0 saturated carbocycles. The molecular weight excluding hydrogens is 608 g/mol. The molecule has 2 aromatic carbocycles. The number of aromatic nitrogens is 1. The molecule has 3 rings (SSSR count). The molecule has 0 spiro atoms. The van der Waals surface area contributed by atoms with Gasteiger partial charge in [0.25, 0.3) is 0 Å². The van der Waals surface area contributed by atoms with Gasteiger partial charge < -0.3 is 37.2 Å². The summed E-state index contributed by atoms with van der Waals surface area (Å²) in [5.41, 5.74) is 13.1. The van der Waals surface area contributed by atoms with Crippen molar-refractivity contribution in [3.05, 3.63) is 86.7 Å². The summed E-state index contributed by atoms with van der Waals surface area (Å²) in [5, 5.41) is 0. The van der Waals surface area contributed by atoms with E-state index in [1.807, 2.05) is 12.4 Å². The monoisotopic (exact) mass is 651 g/mol. The molecule has 0 fully saturated rings. The van der Waals surface area contributed by atoms with Gasteiger partial charge in [0.1, 0.15) is 0 Å². The molecule has 1 heterocycles. The van der Waals surface area contributed by atoms with Crippen LogP contribution in [0.15, 0.2) is 46.4 Å². The SMILES string of the molecule is CCCc1cc(C)cc(CCC)c1N=Cc1cc(C)cc(C=Nc2c(CCC)cc(C)cc2CCC)n1.[Cl-].[Cl-].[Cl-].[V+3]. The van der Waals surface area contributed by atoms with Gasteiger partial charge in [-0.3, -0.25) is 9.98 Å². The van der Waals surface area contributed by atoms with E-state index in [-0.39, 0.29) is 55.8 Å². The maximum absolute atomic E-state index is 5.01. The molecule has 7 heteroatoms. The smallest absolute Gasteiger partial charge is 1.00 e. The van der Waals surface area contributed by atoms with Crippen LogP contribution in [0.1, 0.15) is 104 Å². The molecule has 0 radical (unpaired) electrons. The number of benzene rings is 2. The van der Waals surface area contributed by atoms with Gasteiger partial charge in [-0.15, -0.1) is 0 Å². The number of nitrogens with zero attached hydrogens (tertiary/aromatic N) is 3. The standard InChI is InChI=1S/C34H45N3.3ClH.V/c1-8-12-27-16-24(5)17-28(13-9-2)33(27)35-22-31-20-26(7)21-32(37-31)23-36-34-29(14-10-3)18-25(6)19-30(34)15-11-4;;;;/h16-23H,8-15H2,1-7H3;3*1H;/q;;;;+3/p-3. The minimum absolute atomic E-state index is 0. The van der Waals surface area contributed by atoms with Crippen molar-refractivity contribution in [2.45, 2.75) is 99.8 Å². The van der Waals surface area contributed by atoms with Crippen LogP contribution in [-0.2, 0) is 44.2 Å². The van der Waals surface area contributed by atoms with Crippen molar-refractivity contribution in [3.8, 4) is 0 Å². The quantitative estimate of drug-likeness (QED) is 0.260. The van der Waals surface area contributed by atoms with Gasteiger partial charge in [0.2, 0.25) is 0 Å². The minimum Gasteiger partial charge on any atom is -1.00 e. The van der Waals surface area contributed by atoms with Crippen LogP contribution in [0.5, 0.6) is 0 Å². The fourth-order valence-corrected chi connectivity index (χ4v) is 5.16. The molecule has 41 heavy (non-hydrogen) atoms. The summed E-state index contributed by atoms with van der Waals surface area (Å²) in [4.78, 5) is 14.9. The largest absolute Gasteiger partial charge is 3.00 e. The Kier molecular flexibility index (Phi) is 21.4. The Bertz CT molecular complexity index is 1120. The van der Waals surface area contributed by atoms with E-state index in [1.54, 1.807) is 0 Å². The van der Waals surface area contributed by atoms with E-state index < -0.39 is 0 Å². The molecular formula is C34H45Cl3N3V. The third kappa shape index (κ3) is 12.3. The maximum atomic E-state index is 5.01. The van der Waals surface area contributed by atoms with E-state index in [0.717, 1.165) is 79.7 Å². The van der Waals surface area contributed by atoms with E-state index in [0.29, 0.717) is 0 Å². The Morgan fingerprint density at radius 2 is 0.780 bits per heavy atom. The van der Waals surface area contributed by atoms with E-state index in [9.17, 15) is 0 Å². The van der Waals surface area contributed by atoms with Crippen LogP contribution in [0.2, 0.25) is 0 Å². The summed E-state index contributed by atoms with van der Waals surface area (Å²) in [6.07, 6.45) is 12.5. The van der Waals surface area contributed by atoms with Crippen LogP contribution in [-0.4, -0.2) is 17.4 Å². The van der Waals surface area contributed by atoms with Gasteiger partial charge in [-0.1, -0.05) is 88.8 Å². The zero-order valence-electron chi connectivity index (χ0n) is 25.7. The topological polar surface area (TPSA) is 37.6 Å². The fourth-order valence-electron chi connectivity index (χ4n) is 5.16. The van der Waals surface area contributed by atoms with Crippen LogP contribution >= 0.6 is 0 Å². The van der Waals surface area contributed by atoms with Crippen molar-refractivity contribution >= 4 is 23.8 Å². The van der Waals surface area contributed by atoms with Crippen molar-refractivity contribution in [2.75, 3.05) is 0 Å². The van der Waals surface area contributed by atoms with Gasteiger partial charge >= 0.3 is 18.6 Å². The summed E-state index contributed by atoms with van der Waals surface area (Å²) in [5.74, 6) is 0. The van der Waals surface area contributed by atoms with Crippen molar-refractivity contribution in [1.82, 2.24) is 4.98 Å². The average Bonchev–Trinajstić information content (AvgIpc) is 2.83. The number of aliphatic imine (C=N–C) groups is 2. The van der Waals surface area contributed by atoms with Crippen LogP contribution in [0.25, 0.3) is 0 Å².